The second kappa shape index (κ2) is 5.72. The quantitative estimate of drug-likeness (QED) is 0.726. The second-order valence-corrected chi connectivity index (χ2v) is 8.82. The standard InChI is InChI=1S/C16H22N4O3S/c1-18-7-9-19(10-8-18)24(22,23)12-4-5-14-13(11-12)17-16(21)15-3-2-6-20(14)15/h4-5,11,15H,2-3,6-10H2,1H3,(H,17,21)/p+1/t15-/m0/s1. The molecule has 2 fully saturated rings. The Morgan fingerprint density at radius 1 is 1.21 bits per heavy atom. The van der Waals surface area contributed by atoms with Gasteiger partial charge in [0.1, 0.15) is 6.04 Å². The van der Waals surface area contributed by atoms with Gasteiger partial charge in [0.15, 0.2) is 0 Å². The van der Waals surface area contributed by atoms with Crippen LogP contribution in [0.1, 0.15) is 12.8 Å². The molecule has 8 heteroatoms. The molecule has 3 aliphatic rings. The van der Waals surface area contributed by atoms with Gasteiger partial charge in [0, 0.05) is 6.54 Å². The molecule has 2 N–H and O–H groups in total. The highest BCUT2D eigenvalue weighted by molar-refractivity contribution is 7.89. The molecule has 0 bridgehead atoms. The Kier molecular flexibility index (Phi) is 3.78. The smallest absolute Gasteiger partial charge is 0.247 e. The molecule has 7 nitrogen and oxygen atoms in total. The molecule has 1 aromatic rings. The van der Waals surface area contributed by atoms with Crippen molar-refractivity contribution in [2.24, 2.45) is 0 Å². The summed E-state index contributed by atoms with van der Waals surface area (Å²) in [6.07, 6.45) is 1.84. The molecule has 0 saturated carbocycles. The number of quaternary nitrogens is 1. The number of piperazine rings is 1. The van der Waals surface area contributed by atoms with Gasteiger partial charge in [-0.1, -0.05) is 0 Å². The Labute approximate surface area is 142 Å². The van der Waals surface area contributed by atoms with Crippen molar-refractivity contribution < 1.29 is 18.1 Å². The maximum atomic E-state index is 12.9. The fraction of sp³-hybridized carbons (Fsp3) is 0.562. The number of anilines is 2. The number of sulfonamides is 1. The van der Waals surface area contributed by atoms with E-state index in [0.29, 0.717) is 18.8 Å². The molecule has 0 radical (unpaired) electrons. The van der Waals surface area contributed by atoms with Gasteiger partial charge in [-0.15, -0.1) is 0 Å². The Bertz CT molecular complexity index is 772. The molecule has 4 rings (SSSR count). The fourth-order valence-electron chi connectivity index (χ4n) is 3.83. The van der Waals surface area contributed by atoms with Gasteiger partial charge in [-0.2, -0.15) is 4.31 Å². The summed E-state index contributed by atoms with van der Waals surface area (Å²) in [5, 5.41) is 2.89. The Morgan fingerprint density at radius 3 is 2.71 bits per heavy atom. The molecule has 0 aromatic heterocycles. The molecule has 1 aromatic carbocycles. The van der Waals surface area contributed by atoms with Gasteiger partial charge in [-0.3, -0.25) is 4.79 Å². The van der Waals surface area contributed by atoms with Crippen LogP contribution in [0.5, 0.6) is 0 Å². The molecule has 2 saturated heterocycles. The number of nitrogens with one attached hydrogen (secondary N) is 2. The highest BCUT2D eigenvalue weighted by Crippen LogP contribution is 2.38. The third-order valence-corrected chi connectivity index (χ3v) is 7.20. The van der Waals surface area contributed by atoms with E-state index in [9.17, 15) is 13.2 Å². The first-order valence-electron chi connectivity index (χ1n) is 8.50. The normalized spacial score (nSPS) is 25.3. The predicted octanol–water partition coefficient (Wildman–Crippen LogP) is -0.873. The van der Waals surface area contributed by atoms with E-state index < -0.39 is 10.0 Å². The van der Waals surface area contributed by atoms with Crippen LogP contribution >= 0.6 is 0 Å². The van der Waals surface area contributed by atoms with Crippen LogP contribution in [0, 0.1) is 0 Å². The SMILES string of the molecule is C[NH+]1CCN(S(=O)(=O)c2ccc3c(c2)NC(=O)[C@@H]2CCCN32)CC1. The number of likely N-dealkylation sites (N-methyl/N-ethyl adjacent to an activating group) is 1. The molecule has 3 heterocycles. The molecular weight excluding hydrogens is 328 g/mol. The summed E-state index contributed by atoms with van der Waals surface area (Å²) in [5.74, 6) is -0.0299. The largest absolute Gasteiger partial charge is 0.358 e. The van der Waals surface area contributed by atoms with Crippen molar-refractivity contribution in [3.63, 3.8) is 0 Å². The second-order valence-electron chi connectivity index (χ2n) is 6.88. The van der Waals surface area contributed by atoms with E-state index in [-0.39, 0.29) is 16.8 Å². The van der Waals surface area contributed by atoms with Gasteiger partial charge in [0.25, 0.3) is 0 Å². The molecule has 0 spiro atoms. The Hall–Kier alpha value is -1.64. The number of rotatable bonds is 2. The third kappa shape index (κ3) is 2.49. The van der Waals surface area contributed by atoms with Crippen LogP contribution in [0.4, 0.5) is 11.4 Å². The van der Waals surface area contributed by atoms with Gasteiger partial charge in [-0.05, 0) is 31.0 Å². The fourth-order valence-corrected chi connectivity index (χ4v) is 5.30. The minimum atomic E-state index is -3.51. The number of hydrogen-bond acceptors (Lipinski definition) is 4. The highest BCUT2D eigenvalue weighted by Gasteiger charge is 2.37. The van der Waals surface area contributed by atoms with E-state index in [1.807, 2.05) is 6.07 Å². The molecule has 1 amide bonds. The van der Waals surface area contributed by atoms with Gasteiger partial charge in [0.2, 0.25) is 15.9 Å². The monoisotopic (exact) mass is 351 g/mol. The molecular formula is C16H23N4O3S+. The van der Waals surface area contributed by atoms with Gasteiger partial charge < -0.3 is 15.1 Å². The van der Waals surface area contributed by atoms with Crippen molar-refractivity contribution in [2.75, 3.05) is 50.0 Å². The molecule has 0 aliphatic carbocycles. The van der Waals surface area contributed by atoms with Crippen LogP contribution in [0.15, 0.2) is 23.1 Å². The number of fused-ring (bicyclic) bond motifs is 3. The summed E-state index contributed by atoms with van der Waals surface area (Å²) >= 11 is 0. The minimum absolute atomic E-state index is 0.0299. The van der Waals surface area contributed by atoms with Crippen molar-refractivity contribution >= 4 is 27.3 Å². The van der Waals surface area contributed by atoms with Gasteiger partial charge in [0.05, 0.1) is 49.5 Å². The van der Waals surface area contributed by atoms with E-state index in [4.69, 9.17) is 0 Å². The number of amides is 1. The summed E-state index contributed by atoms with van der Waals surface area (Å²) in [6.45, 7) is 3.54. The maximum absolute atomic E-state index is 12.9. The van der Waals surface area contributed by atoms with E-state index in [1.54, 1.807) is 16.4 Å². The van der Waals surface area contributed by atoms with Crippen LogP contribution in [0.3, 0.4) is 0 Å². The number of hydrogen-bond donors (Lipinski definition) is 2. The van der Waals surface area contributed by atoms with E-state index >= 15 is 0 Å². The zero-order valence-electron chi connectivity index (χ0n) is 13.8. The van der Waals surface area contributed by atoms with Crippen molar-refractivity contribution in [1.82, 2.24) is 4.31 Å². The number of benzene rings is 1. The first-order chi connectivity index (χ1) is 11.5. The third-order valence-electron chi connectivity index (χ3n) is 5.30. The summed E-state index contributed by atoms with van der Waals surface area (Å²) < 4.78 is 27.3. The lowest BCUT2D eigenvalue weighted by Gasteiger charge is -2.34. The Morgan fingerprint density at radius 2 is 1.96 bits per heavy atom. The van der Waals surface area contributed by atoms with E-state index in [2.05, 4.69) is 17.3 Å². The molecule has 24 heavy (non-hydrogen) atoms. The maximum Gasteiger partial charge on any atom is 0.247 e. The van der Waals surface area contributed by atoms with Gasteiger partial charge in [-0.25, -0.2) is 8.42 Å². The first kappa shape index (κ1) is 15.9. The van der Waals surface area contributed by atoms with Crippen molar-refractivity contribution in [3.8, 4) is 0 Å². The van der Waals surface area contributed by atoms with E-state index in [1.165, 1.54) is 4.90 Å². The lowest BCUT2D eigenvalue weighted by atomic mass is 10.1. The molecule has 3 aliphatic heterocycles. The zero-order valence-corrected chi connectivity index (χ0v) is 14.6. The summed E-state index contributed by atoms with van der Waals surface area (Å²) in [6, 6.07) is 5.01. The first-order valence-corrected chi connectivity index (χ1v) is 9.94. The van der Waals surface area contributed by atoms with Crippen molar-refractivity contribution in [1.29, 1.82) is 0 Å². The summed E-state index contributed by atoms with van der Waals surface area (Å²) in [7, 11) is -1.43. The molecule has 130 valence electrons. The average Bonchev–Trinajstić information content (AvgIpc) is 3.05. The van der Waals surface area contributed by atoms with Crippen LogP contribution in [-0.2, 0) is 14.8 Å². The minimum Gasteiger partial charge on any atom is -0.358 e. The van der Waals surface area contributed by atoms with E-state index in [0.717, 1.165) is 38.2 Å². The molecule has 1 atom stereocenters. The van der Waals surface area contributed by atoms with Crippen molar-refractivity contribution in [2.45, 2.75) is 23.8 Å². The lowest BCUT2D eigenvalue weighted by molar-refractivity contribution is -0.883. The van der Waals surface area contributed by atoms with Crippen LogP contribution in [-0.4, -0.2) is 64.4 Å². The van der Waals surface area contributed by atoms with Crippen molar-refractivity contribution in [3.05, 3.63) is 18.2 Å². The van der Waals surface area contributed by atoms with Crippen LogP contribution in [0.25, 0.3) is 0 Å². The van der Waals surface area contributed by atoms with Gasteiger partial charge >= 0.3 is 0 Å². The summed E-state index contributed by atoms with van der Waals surface area (Å²) in [5.41, 5.74) is 1.54. The highest BCUT2D eigenvalue weighted by atomic mass is 32.2. The number of nitrogens with zero attached hydrogens (tertiary/aromatic N) is 2. The summed E-state index contributed by atoms with van der Waals surface area (Å²) in [4.78, 5) is 15.9. The number of carbonyl (C=O) groups is 1. The Balaban J connectivity index is 1.66. The van der Waals surface area contributed by atoms with Crippen LogP contribution < -0.4 is 15.1 Å². The molecule has 0 unspecified atom stereocenters. The number of carbonyl (C=O) groups excluding carboxylic acids is 1. The predicted molar refractivity (Wildman–Crippen MR) is 90.8 cm³/mol. The zero-order chi connectivity index (χ0) is 16.9. The van der Waals surface area contributed by atoms with Crippen LogP contribution in [0.2, 0.25) is 0 Å². The lowest BCUT2D eigenvalue weighted by Crippen LogP contribution is -3.12. The average molecular weight is 351 g/mol. The topological polar surface area (TPSA) is 74.2 Å².